The third kappa shape index (κ3) is 5.50. The normalized spacial score (nSPS) is 12.7. The molecule has 0 bridgehead atoms. The first-order valence-corrected chi connectivity index (χ1v) is 8.77. The lowest BCUT2D eigenvalue weighted by molar-refractivity contribution is 0.100. The van der Waals surface area contributed by atoms with Crippen molar-refractivity contribution < 1.29 is 23.5 Å². The summed E-state index contributed by atoms with van der Waals surface area (Å²) in [7, 11) is 0. The number of pyridine rings is 2. The first-order valence-electron chi connectivity index (χ1n) is 8.77. The summed E-state index contributed by atoms with van der Waals surface area (Å²) >= 11 is 0. The molecule has 11 heteroatoms. The molecule has 0 spiro atoms. The maximum atomic E-state index is 14.5. The molecule has 2 amide bonds. The molecule has 0 aromatic carbocycles. The predicted molar refractivity (Wildman–Crippen MR) is 103 cm³/mol. The summed E-state index contributed by atoms with van der Waals surface area (Å²) in [6.07, 6.45) is 0.567. The lowest BCUT2D eigenvalue weighted by Crippen LogP contribution is -2.44. The van der Waals surface area contributed by atoms with E-state index < -0.39 is 35.7 Å². The van der Waals surface area contributed by atoms with Crippen molar-refractivity contribution in [3.8, 4) is 0 Å². The fourth-order valence-corrected chi connectivity index (χ4v) is 2.64. The number of primary amides is 1. The van der Waals surface area contributed by atoms with Gasteiger partial charge in [0.1, 0.15) is 11.6 Å². The minimum absolute atomic E-state index is 0.0971. The van der Waals surface area contributed by atoms with Crippen molar-refractivity contribution in [2.75, 3.05) is 10.6 Å². The highest BCUT2D eigenvalue weighted by Crippen LogP contribution is 2.25. The van der Waals surface area contributed by atoms with Crippen LogP contribution in [0.4, 0.5) is 30.9 Å². The summed E-state index contributed by atoms with van der Waals surface area (Å²) in [5, 5.41) is 16.7. The molecule has 2 aromatic heterocycles. The Morgan fingerprint density at radius 2 is 1.93 bits per heavy atom. The summed E-state index contributed by atoms with van der Waals surface area (Å²) < 4.78 is 28.3. The van der Waals surface area contributed by atoms with Gasteiger partial charge in [-0.3, -0.25) is 9.78 Å². The van der Waals surface area contributed by atoms with E-state index in [1.807, 2.05) is 0 Å². The zero-order valence-corrected chi connectivity index (χ0v) is 16.1. The molecule has 2 heterocycles. The average Bonchev–Trinajstić information content (AvgIpc) is 2.63. The Morgan fingerprint density at radius 3 is 2.48 bits per heavy atom. The van der Waals surface area contributed by atoms with Crippen molar-refractivity contribution in [1.29, 1.82) is 0 Å². The Labute approximate surface area is 165 Å². The molecule has 6 N–H and O–H groups in total. The first-order chi connectivity index (χ1) is 13.6. The lowest BCUT2D eigenvalue weighted by atomic mass is 10.1. The number of aromatic nitrogens is 2. The van der Waals surface area contributed by atoms with Crippen molar-refractivity contribution in [3.05, 3.63) is 41.2 Å². The third-order valence-electron chi connectivity index (χ3n) is 4.25. The van der Waals surface area contributed by atoms with Crippen LogP contribution in [0.15, 0.2) is 18.3 Å². The largest absolute Gasteiger partial charge is 0.465 e. The Morgan fingerprint density at radius 1 is 1.24 bits per heavy atom. The number of nitrogens with one attached hydrogen (secondary N) is 3. The maximum absolute atomic E-state index is 14.5. The van der Waals surface area contributed by atoms with Gasteiger partial charge in [-0.2, -0.15) is 0 Å². The van der Waals surface area contributed by atoms with E-state index in [1.165, 1.54) is 13.1 Å². The summed E-state index contributed by atoms with van der Waals surface area (Å²) in [4.78, 5) is 30.5. The molecule has 2 rings (SSSR count). The van der Waals surface area contributed by atoms with Gasteiger partial charge in [-0.05, 0) is 26.3 Å². The number of hydrogen-bond acceptors (Lipinski definition) is 6. The van der Waals surface area contributed by atoms with Crippen LogP contribution in [0.1, 0.15) is 36.3 Å². The summed E-state index contributed by atoms with van der Waals surface area (Å²) in [6.45, 7) is 4.89. The number of halogens is 2. The van der Waals surface area contributed by atoms with E-state index in [0.717, 1.165) is 12.1 Å². The topological polar surface area (TPSA) is 142 Å². The van der Waals surface area contributed by atoms with Crippen LogP contribution >= 0.6 is 0 Å². The highest BCUT2D eigenvalue weighted by molar-refractivity contribution is 5.98. The molecule has 0 radical (unpaired) electrons. The molecule has 156 valence electrons. The van der Waals surface area contributed by atoms with E-state index in [-0.39, 0.29) is 28.6 Å². The van der Waals surface area contributed by atoms with Crippen molar-refractivity contribution in [3.63, 3.8) is 0 Å². The molecule has 9 nitrogen and oxygen atoms in total. The summed E-state index contributed by atoms with van der Waals surface area (Å²) in [5.41, 5.74) is 5.44. The number of rotatable bonds is 8. The summed E-state index contributed by atoms with van der Waals surface area (Å²) in [6, 6.07) is 1.01. The quantitative estimate of drug-likeness (QED) is 0.452. The van der Waals surface area contributed by atoms with Gasteiger partial charge in [0.25, 0.3) is 5.91 Å². The number of carbonyl (C=O) groups is 2. The minimum atomic E-state index is -1.22. The SMILES string of the molecule is CC[C@@H](Nc1nc(Nc2cnc(C)c(F)c2)c(C(N)=O)cc1F)[C@H](C)NC(=O)O. The zero-order valence-electron chi connectivity index (χ0n) is 16.1. The molecule has 0 aliphatic rings. The average molecular weight is 408 g/mol. The van der Waals surface area contributed by atoms with Crippen LogP contribution in [0.3, 0.4) is 0 Å². The maximum Gasteiger partial charge on any atom is 0.404 e. The van der Waals surface area contributed by atoms with E-state index in [9.17, 15) is 18.4 Å². The van der Waals surface area contributed by atoms with Gasteiger partial charge in [0, 0.05) is 18.2 Å². The molecular formula is C18H22F2N6O3. The van der Waals surface area contributed by atoms with Crippen LogP contribution in [-0.4, -0.2) is 39.2 Å². The molecular weight excluding hydrogens is 386 g/mol. The Kier molecular flexibility index (Phi) is 6.86. The van der Waals surface area contributed by atoms with Crippen LogP contribution in [-0.2, 0) is 0 Å². The second-order valence-corrected chi connectivity index (χ2v) is 6.39. The second kappa shape index (κ2) is 9.13. The number of aryl methyl sites for hydroxylation is 1. The molecule has 29 heavy (non-hydrogen) atoms. The molecule has 0 aliphatic heterocycles. The number of anilines is 3. The van der Waals surface area contributed by atoms with Crippen molar-refractivity contribution in [1.82, 2.24) is 15.3 Å². The third-order valence-corrected chi connectivity index (χ3v) is 4.25. The van der Waals surface area contributed by atoms with Crippen LogP contribution < -0.4 is 21.7 Å². The molecule has 0 saturated carbocycles. The van der Waals surface area contributed by atoms with Crippen molar-refractivity contribution in [2.45, 2.75) is 39.3 Å². The van der Waals surface area contributed by atoms with Gasteiger partial charge in [-0.1, -0.05) is 6.92 Å². The number of hydrogen-bond donors (Lipinski definition) is 5. The van der Waals surface area contributed by atoms with Gasteiger partial charge in [0.05, 0.1) is 23.1 Å². The van der Waals surface area contributed by atoms with Crippen LogP contribution in [0.5, 0.6) is 0 Å². The lowest BCUT2D eigenvalue weighted by Gasteiger charge is -2.25. The van der Waals surface area contributed by atoms with Gasteiger partial charge in [-0.15, -0.1) is 0 Å². The Hall–Kier alpha value is -3.50. The van der Waals surface area contributed by atoms with E-state index in [1.54, 1.807) is 13.8 Å². The standard InChI is InChI=1S/C18H22F2N6O3/c1-4-14(9(3)23-18(28)29)25-17-13(20)6-11(15(21)27)16(26-17)24-10-5-12(19)8(2)22-7-10/h5-7,9,14,23H,4H2,1-3H3,(H2,21,27)(H,28,29)(H2,24,25,26)/t9-,14+/m0/s1. The van der Waals surface area contributed by atoms with Gasteiger partial charge in [0.15, 0.2) is 11.6 Å². The second-order valence-electron chi connectivity index (χ2n) is 6.39. The molecule has 0 aliphatic carbocycles. The highest BCUT2D eigenvalue weighted by atomic mass is 19.1. The van der Waals surface area contributed by atoms with E-state index >= 15 is 0 Å². The van der Waals surface area contributed by atoms with E-state index in [2.05, 4.69) is 25.9 Å². The molecule has 0 saturated heterocycles. The van der Waals surface area contributed by atoms with E-state index in [0.29, 0.717) is 6.42 Å². The Balaban J connectivity index is 2.38. The molecule has 2 atom stereocenters. The van der Waals surface area contributed by atoms with Gasteiger partial charge in [0.2, 0.25) is 0 Å². The van der Waals surface area contributed by atoms with Crippen LogP contribution in [0.2, 0.25) is 0 Å². The van der Waals surface area contributed by atoms with Gasteiger partial charge >= 0.3 is 6.09 Å². The number of nitrogens with zero attached hydrogens (tertiary/aromatic N) is 2. The zero-order chi connectivity index (χ0) is 21.7. The molecule has 0 fully saturated rings. The molecule has 2 aromatic rings. The molecule has 0 unspecified atom stereocenters. The first kappa shape index (κ1) is 21.8. The summed E-state index contributed by atoms with van der Waals surface area (Å²) in [5.74, 6) is -2.67. The highest BCUT2D eigenvalue weighted by Gasteiger charge is 2.22. The minimum Gasteiger partial charge on any atom is -0.465 e. The fourth-order valence-electron chi connectivity index (χ4n) is 2.64. The monoisotopic (exact) mass is 408 g/mol. The number of amides is 2. The van der Waals surface area contributed by atoms with E-state index in [4.69, 9.17) is 10.8 Å². The fraction of sp³-hybridized carbons (Fsp3) is 0.333. The number of carboxylic acid groups (broad SMARTS) is 1. The number of carbonyl (C=O) groups excluding carboxylic acids is 1. The van der Waals surface area contributed by atoms with Crippen molar-refractivity contribution in [2.24, 2.45) is 5.73 Å². The van der Waals surface area contributed by atoms with Crippen molar-refractivity contribution >= 4 is 29.3 Å². The number of nitrogens with two attached hydrogens (primary N) is 1. The predicted octanol–water partition coefficient (Wildman–Crippen LogP) is 2.75. The van der Waals surface area contributed by atoms with Gasteiger partial charge in [-0.25, -0.2) is 18.6 Å². The van der Waals surface area contributed by atoms with Gasteiger partial charge < -0.3 is 26.8 Å². The van der Waals surface area contributed by atoms with Crippen LogP contribution in [0.25, 0.3) is 0 Å². The Bertz CT molecular complexity index is 925. The van der Waals surface area contributed by atoms with Crippen LogP contribution in [0, 0.1) is 18.6 Å². The smallest absolute Gasteiger partial charge is 0.404 e.